The number of fused-ring (bicyclic) bond motifs is 1. The normalized spacial score (nSPS) is 14.4. The summed E-state index contributed by atoms with van der Waals surface area (Å²) in [5.41, 5.74) is 3.22. The van der Waals surface area contributed by atoms with Crippen molar-refractivity contribution in [3.63, 3.8) is 0 Å². The SMILES string of the molecule is C[C@@H](NC(=O)c1nn(-c2ccccc2)c2c1CCC2)C(=O)O. The fourth-order valence-corrected chi connectivity index (χ4v) is 2.73. The topological polar surface area (TPSA) is 84.2 Å². The Morgan fingerprint density at radius 2 is 2.00 bits per heavy atom. The molecule has 114 valence electrons. The Morgan fingerprint density at radius 1 is 1.27 bits per heavy atom. The summed E-state index contributed by atoms with van der Waals surface area (Å²) in [7, 11) is 0. The van der Waals surface area contributed by atoms with Crippen LogP contribution in [0.5, 0.6) is 0 Å². The fraction of sp³-hybridized carbons (Fsp3) is 0.312. The van der Waals surface area contributed by atoms with Crippen LogP contribution < -0.4 is 5.32 Å². The lowest BCUT2D eigenvalue weighted by atomic mass is 10.2. The number of carboxylic acid groups (broad SMARTS) is 1. The van der Waals surface area contributed by atoms with Crippen molar-refractivity contribution in [3.8, 4) is 5.69 Å². The standard InChI is InChI=1S/C16H17N3O3/c1-10(16(21)22)17-15(20)14-12-8-5-9-13(12)19(18-14)11-6-3-2-4-7-11/h2-4,6-7,10H,5,8-9H2,1H3,(H,17,20)(H,21,22)/t10-/m1/s1. The Bertz CT molecular complexity index is 722. The Balaban J connectivity index is 1.97. The van der Waals surface area contributed by atoms with Crippen molar-refractivity contribution in [1.29, 1.82) is 0 Å². The van der Waals surface area contributed by atoms with Crippen molar-refractivity contribution < 1.29 is 14.7 Å². The smallest absolute Gasteiger partial charge is 0.325 e. The lowest BCUT2D eigenvalue weighted by Gasteiger charge is -2.08. The van der Waals surface area contributed by atoms with Crippen LogP contribution >= 0.6 is 0 Å². The van der Waals surface area contributed by atoms with E-state index in [4.69, 9.17) is 5.11 Å². The molecule has 6 heteroatoms. The lowest BCUT2D eigenvalue weighted by molar-refractivity contribution is -0.138. The number of para-hydroxylation sites is 1. The number of nitrogens with zero attached hydrogens (tertiary/aromatic N) is 2. The number of aliphatic carboxylic acids is 1. The zero-order chi connectivity index (χ0) is 15.7. The van der Waals surface area contributed by atoms with Crippen LogP contribution in [0.4, 0.5) is 0 Å². The molecule has 22 heavy (non-hydrogen) atoms. The number of hydrogen-bond acceptors (Lipinski definition) is 3. The van der Waals surface area contributed by atoms with E-state index >= 15 is 0 Å². The average Bonchev–Trinajstić information content (AvgIpc) is 3.09. The highest BCUT2D eigenvalue weighted by molar-refractivity contribution is 5.96. The van der Waals surface area contributed by atoms with Crippen molar-refractivity contribution in [2.45, 2.75) is 32.2 Å². The molecule has 3 rings (SSSR count). The molecule has 1 atom stereocenters. The van der Waals surface area contributed by atoms with E-state index in [0.717, 1.165) is 36.2 Å². The molecule has 1 aliphatic carbocycles. The molecule has 2 aromatic rings. The summed E-state index contributed by atoms with van der Waals surface area (Å²) in [6.45, 7) is 1.44. The van der Waals surface area contributed by atoms with Gasteiger partial charge in [0.05, 0.1) is 5.69 Å². The lowest BCUT2D eigenvalue weighted by Crippen LogP contribution is -2.38. The molecule has 0 saturated carbocycles. The van der Waals surface area contributed by atoms with E-state index in [-0.39, 0.29) is 0 Å². The van der Waals surface area contributed by atoms with Crippen LogP contribution in [0.1, 0.15) is 35.1 Å². The molecule has 1 aromatic carbocycles. The molecule has 6 nitrogen and oxygen atoms in total. The summed E-state index contributed by atoms with van der Waals surface area (Å²) in [6.07, 6.45) is 2.65. The molecular formula is C16H17N3O3. The third kappa shape index (κ3) is 2.47. The van der Waals surface area contributed by atoms with Crippen molar-refractivity contribution >= 4 is 11.9 Å². The summed E-state index contributed by atoms with van der Waals surface area (Å²) in [5.74, 6) is -1.49. The minimum atomic E-state index is -1.06. The number of benzene rings is 1. The van der Waals surface area contributed by atoms with Gasteiger partial charge >= 0.3 is 5.97 Å². The van der Waals surface area contributed by atoms with Gasteiger partial charge in [-0.2, -0.15) is 5.10 Å². The van der Waals surface area contributed by atoms with Gasteiger partial charge in [-0.1, -0.05) is 18.2 Å². The summed E-state index contributed by atoms with van der Waals surface area (Å²) in [6, 6.07) is 8.71. The minimum absolute atomic E-state index is 0.337. The molecule has 0 unspecified atom stereocenters. The number of carbonyl (C=O) groups excluding carboxylic acids is 1. The van der Waals surface area contributed by atoms with Crippen LogP contribution in [0, 0.1) is 0 Å². The highest BCUT2D eigenvalue weighted by Gasteiger charge is 2.28. The number of hydrogen-bond donors (Lipinski definition) is 2. The van der Waals surface area contributed by atoms with Crippen LogP contribution in [-0.4, -0.2) is 32.8 Å². The zero-order valence-electron chi connectivity index (χ0n) is 12.2. The van der Waals surface area contributed by atoms with Gasteiger partial charge in [0.15, 0.2) is 5.69 Å². The highest BCUT2D eigenvalue weighted by atomic mass is 16.4. The Hall–Kier alpha value is -2.63. The third-order valence-electron chi connectivity index (χ3n) is 3.86. The number of carboxylic acids is 1. The molecule has 1 amide bonds. The first-order valence-corrected chi connectivity index (χ1v) is 7.28. The molecule has 0 fully saturated rings. The van der Waals surface area contributed by atoms with Crippen molar-refractivity contribution in [3.05, 3.63) is 47.3 Å². The van der Waals surface area contributed by atoms with E-state index in [1.165, 1.54) is 6.92 Å². The van der Waals surface area contributed by atoms with Crippen molar-refractivity contribution in [2.75, 3.05) is 0 Å². The first-order valence-electron chi connectivity index (χ1n) is 7.28. The predicted octanol–water partition coefficient (Wildman–Crippen LogP) is 1.56. The van der Waals surface area contributed by atoms with E-state index in [2.05, 4.69) is 10.4 Å². The number of aromatic nitrogens is 2. The minimum Gasteiger partial charge on any atom is -0.480 e. The molecule has 1 heterocycles. The van der Waals surface area contributed by atoms with Crippen LogP contribution in [-0.2, 0) is 17.6 Å². The van der Waals surface area contributed by atoms with Crippen molar-refractivity contribution in [1.82, 2.24) is 15.1 Å². The van der Waals surface area contributed by atoms with Gasteiger partial charge in [0.1, 0.15) is 6.04 Å². The summed E-state index contributed by atoms with van der Waals surface area (Å²) in [5, 5.41) is 15.8. The van der Waals surface area contributed by atoms with Crippen LogP contribution in [0.3, 0.4) is 0 Å². The fourth-order valence-electron chi connectivity index (χ4n) is 2.73. The Morgan fingerprint density at radius 3 is 2.68 bits per heavy atom. The molecule has 0 aliphatic heterocycles. The van der Waals surface area contributed by atoms with E-state index in [0.29, 0.717) is 5.69 Å². The summed E-state index contributed by atoms with van der Waals surface area (Å²) < 4.78 is 1.79. The third-order valence-corrected chi connectivity index (χ3v) is 3.86. The van der Waals surface area contributed by atoms with E-state index in [1.807, 2.05) is 30.3 Å². The van der Waals surface area contributed by atoms with Gasteiger partial charge in [0, 0.05) is 11.3 Å². The number of carbonyl (C=O) groups is 2. The van der Waals surface area contributed by atoms with Crippen LogP contribution in [0.15, 0.2) is 30.3 Å². The zero-order valence-corrected chi connectivity index (χ0v) is 12.2. The maximum Gasteiger partial charge on any atom is 0.325 e. The summed E-state index contributed by atoms with van der Waals surface area (Å²) >= 11 is 0. The van der Waals surface area contributed by atoms with Crippen molar-refractivity contribution in [2.24, 2.45) is 0 Å². The van der Waals surface area contributed by atoms with Gasteiger partial charge in [0.2, 0.25) is 0 Å². The van der Waals surface area contributed by atoms with Crippen LogP contribution in [0.2, 0.25) is 0 Å². The van der Waals surface area contributed by atoms with Gasteiger partial charge in [-0.15, -0.1) is 0 Å². The highest BCUT2D eigenvalue weighted by Crippen LogP contribution is 2.27. The first kappa shape index (κ1) is 14.3. The number of nitrogens with one attached hydrogen (secondary N) is 1. The first-order chi connectivity index (χ1) is 10.6. The second kappa shape index (κ2) is 5.63. The molecular weight excluding hydrogens is 282 g/mol. The largest absolute Gasteiger partial charge is 0.480 e. The molecule has 0 saturated heterocycles. The molecule has 1 aliphatic rings. The average molecular weight is 299 g/mol. The van der Waals surface area contributed by atoms with Gasteiger partial charge in [-0.05, 0) is 38.3 Å². The van der Waals surface area contributed by atoms with Gasteiger partial charge in [-0.25, -0.2) is 4.68 Å². The quantitative estimate of drug-likeness (QED) is 0.897. The van der Waals surface area contributed by atoms with Gasteiger partial charge in [0.25, 0.3) is 5.91 Å². The maximum absolute atomic E-state index is 12.3. The molecule has 0 bridgehead atoms. The van der Waals surface area contributed by atoms with E-state index in [9.17, 15) is 9.59 Å². The predicted molar refractivity (Wildman–Crippen MR) is 80.2 cm³/mol. The van der Waals surface area contributed by atoms with Gasteiger partial charge in [-0.3, -0.25) is 9.59 Å². The van der Waals surface area contributed by atoms with E-state index < -0.39 is 17.9 Å². The Labute approximate surface area is 127 Å². The molecule has 0 radical (unpaired) electrons. The Kier molecular flexibility index (Phi) is 3.66. The summed E-state index contributed by atoms with van der Waals surface area (Å²) in [4.78, 5) is 23.2. The second-order valence-corrected chi connectivity index (χ2v) is 5.41. The maximum atomic E-state index is 12.3. The van der Waals surface area contributed by atoms with Crippen LogP contribution in [0.25, 0.3) is 5.69 Å². The molecule has 2 N–H and O–H groups in total. The molecule has 0 spiro atoms. The van der Waals surface area contributed by atoms with Gasteiger partial charge < -0.3 is 10.4 Å². The van der Waals surface area contributed by atoms with E-state index in [1.54, 1.807) is 4.68 Å². The number of amides is 1. The second-order valence-electron chi connectivity index (χ2n) is 5.41. The monoisotopic (exact) mass is 299 g/mol. The number of rotatable bonds is 4. The molecule has 1 aromatic heterocycles.